The number of benzene rings is 3. The van der Waals surface area contributed by atoms with Crippen LogP contribution in [0.3, 0.4) is 0 Å². The highest BCUT2D eigenvalue weighted by Crippen LogP contribution is 2.37. The van der Waals surface area contributed by atoms with Crippen LogP contribution in [0, 0.1) is 17.7 Å². The summed E-state index contributed by atoms with van der Waals surface area (Å²) >= 11 is 0. The lowest BCUT2D eigenvalue weighted by Crippen LogP contribution is -2.16. The van der Waals surface area contributed by atoms with Crippen LogP contribution in [-0.2, 0) is 6.42 Å². The third kappa shape index (κ3) is 5.59. The second kappa shape index (κ2) is 10.1. The Balaban J connectivity index is 1.21. The van der Waals surface area contributed by atoms with Gasteiger partial charge in [0.25, 0.3) is 0 Å². The molecule has 0 radical (unpaired) electrons. The van der Waals surface area contributed by atoms with Crippen molar-refractivity contribution in [2.45, 2.75) is 57.8 Å². The zero-order valence-corrected chi connectivity index (χ0v) is 18.1. The van der Waals surface area contributed by atoms with Crippen LogP contribution in [0.5, 0.6) is 0 Å². The molecule has 1 atom stereocenters. The van der Waals surface area contributed by atoms with Gasteiger partial charge in [-0.1, -0.05) is 99.3 Å². The molecule has 0 N–H and O–H groups in total. The normalized spacial score (nSPS) is 20.1. The first kappa shape index (κ1) is 20.8. The van der Waals surface area contributed by atoms with Crippen LogP contribution in [0.25, 0.3) is 11.1 Å². The van der Waals surface area contributed by atoms with Crippen LogP contribution in [0.2, 0.25) is 0 Å². The zero-order valence-electron chi connectivity index (χ0n) is 18.1. The number of aryl methyl sites for hydroxylation is 1. The molecule has 0 aromatic heterocycles. The molecule has 156 valence electrons. The predicted octanol–water partition coefficient (Wildman–Crippen LogP) is 8.43. The summed E-state index contributed by atoms with van der Waals surface area (Å²) in [5, 5.41) is 0. The minimum absolute atomic E-state index is 0.181. The molecule has 1 saturated carbocycles. The molecule has 3 aromatic rings. The summed E-state index contributed by atoms with van der Waals surface area (Å²) in [6.45, 7) is 2.39. The van der Waals surface area contributed by atoms with Crippen molar-refractivity contribution < 1.29 is 4.39 Å². The summed E-state index contributed by atoms with van der Waals surface area (Å²) in [4.78, 5) is 0. The third-order valence-corrected chi connectivity index (χ3v) is 6.99. The van der Waals surface area contributed by atoms with E-state index < -0.39 is 0 Å². The number of halogens is 1. The van der Waals surface area contributed by atoms with Gasteiger partial charge < -0.3 is 0 Å². The molecule has 30 heavy (non-hydrogen) atoms. The second-order valence-corrected chi connectivity index (χ2v) is 9.18. The Morgan fingerprint density at radius 3 is 1.93 bits per heavy atom. The highest BCUT2D eigenvalue weighted by molar-refractivity contribution is 5.63. The van der Waals surface area contributed by atoms with Gasteiger partial charge in [-0.3, -0.25) is 0 Å². The Kier molecular flexibility index (Phi) is 7.00. The maximum atomic E-state index is 13.1. The van der Waals surface area contributed by atoms with E-state index in [0.29, 0.717) is 5.92 Å². The molecule has 0 amide bonds. The van der Waals surface area contributed by atoms with Crippen LogP contribution >= 0.6 is 0 Å². The predicted molar refractivity (Wildman–Crippen MR) is 125 cm³/mol. The lowest BCUT2D eigenvalue weighted by Gasteiger charge is -2.30. The molecule has 4 rings (SSSR count). The summed E-state index contributed by atoms with van der Waals surface area (Å²) in [7, 11) is 0. The van der Waals surface area contributed by atoms with Gasteiger partial charge in [0.05, 0.1) is 0 Å². The fourth-order valence-corrected chi connectivity index (χ4v) is 5.05. The molecular weight excluding hydrogens is 367 g/mol. The van der Waals surface area contributed by atoms with Crippen LogP contribution in [0.15, 0.2) is 78.9 Å². The minimum atomic E-state index is -0.181. The first-order valence-electron chi connectivity index (χ1n) is 11.6. The molecular formula is C29H33F. The molecule has 0 unspecified atom stereocenters. The molecule has 1 heteroatoms. The van der Waals surface area contributed by atoms with E-state index >= 15 is 0 Å². The fourth-order valence-electron chi connectivity index (χ4n) is 5.05. The Morgan fingerprint density at radius 1 is 0.733 bits per heavy atom. The molecule has 0 bridgehead atoms. The van der Waals surface area contributed by atoms with Crippen LogP contribution in [-0.4, -0.2) is 0 Å². The van der Waals surface area contributed by atoms with Gasteiger partial charge in [0.1, 0.15) is 5.82 Å². The van der Waals surface area contributed by atoms with E-state index in [1.807, 2.05) is 12.1 Å². The van der Waals surface area contributed by atoms with Gasteiger partial charge in [0.15, 0.2) is 0 Å². The quantitative estimate of drug-likeness (QED) is 0.373. The molecule has 0 spiro atoms. The fraction of sp³-hybridized carbons (Fsp3) is 0.379. The number of rotatable bonds is 7. The summed E-state index contributed by atoms with van der Waals surface area (Å²) in [6.07, 6.45) is 9.37. The minimum Gasteiger partial charge on any atom is -0.207 e. The summed E-state index contributed by atoms with van der Waals surface area (Å²) in [6, 6.07) is 26.6. The Morgan fingerprint density at radius 2 is 1.30 bits per heavy atom. The lowest BCUT2D eigenvalue weighted by molar-refractivity contribution is 0.245. The number of hydrogen-bond donors (Lipinski definition) is 0. The molecule has 1 fully saturated rings. The average molecular weight is 401 g/mol. The summed E-state index contributed by atoms with van der Waals surface area (Å²) in [5.41, 5.74) is 5.14. The van der Waals surface area contributed by atoms with Crippen molar-refractivity contribution >= 4 is 0 Å². The standard InChI is InChI=1S/C29H33F/c1-22(26-5-3-2-4-6-26)21-25-11-9-23(10-12-25)7-8-24-13-15-27(16-14-24)28-17-19-29(30)20-18-28/h2-6,13-20,22-23,25H,7-12,21H2,1H3/t22-,23?,25?/m1/s1. The van der Waals surface area contributed by atoms with Crippen molar-refractivity contribution in [2.75, 3.05) is 0 Å². The largest absolute Gasteiger partial charge is 0.207 e. The Hall–Kier alpha value is -2.41. The van der Waals surface area contributed by atoms with Crippen molar-refractivity contribution in [3.05, 3.63) is 95.8 Å². The average Bonchev–Trinajstić information content (AvgIpc) is 2.80. The van der Waals surface area contributed by atoms with E-state index in [9.17, 15) is 4.39 Å². The van der Waals surface area contributed by atoms with Gasteiger partial charge >= 0.3 is 0 Å². The van der Waals surface area contributed by atoms with Gasteiger partial charge in [-0.15, -0.1) is 0 Å². The Labute approximate surface area is 181 Å². The SMILES string of the molecule is C[C@H](CC1CCC(CCc2ccc(-c3ccc(F)cc3)cc2)CC1)c1ccccc1. The van der Waals surface area contributed by atoms with Gasteiger partial charge in [-0.2, -0.15) is 0 Å². The smallest absolute Gasteiger partial charge is 0.123 e. The van der Waals surface area contributed by atoms with Gasteiger partial charge in [-0.25, -0.2) is 4.39 Å². The van der Waals surface area contributed by atoms with E-state index in [-0.39, 0.29) is 5.82 Å². The lowest BCUT2D eigenvalue weighted by atomic mass is 9.75. The van der Waals surface area contributed by atoms with E-state index in [4.69, 9.17) is 0 Å². The van der Waals surface area contributed by atoms with E-state index in [1.165, 1.54) is 68.2 Å². The monoisotopic (exact) mass is 400 g/mol. The summed E-state index contributed by atoms with van der Waals surface area (Å²) in [5.74, 6) is 2.27. The van der Waals surface area contributed by atoms with Gasteiger partial charge in [-0.05, 0) is 71.4 Å². The Bertz CT molecular complexity index is 887. The molecule has 0 aliphatic heterocycles. The molecule has 0 heterocycles. The molecule has 3 aromatic carbocycles. The second-order valence-electron chi connectivity index (χ2n) is 9.18. The van der Waals surface area contributed by atoms with E-state index in [1.54, 1.807) is 0 Å². The van der Waals surface area contributed by atoms with Crippen molar-refractivity contribution in [1.29, 1.82) is 0 Å². The summed E-state index contributed by atoms with van der Waals surface area (Å²) < 4.78 is 13.1. The van der Waals surface area contributed by atoms with Crippen LogP contribution in [0.4, 0.5) is 4.39 Å². The van der Waals surface area contributed by atoms with Crippen molar-refractivity contribution in [1.82, 2.24) is 0 Å². The molecule has 1 aliphatic rings. The third-order valence-electron chi connectivity index (χ3n) is 6.99. The highest BCUT2D eigenvalue weighted by atomic mass is 19.1. The first-order chi connectivity index (χ1) is 14.7. The van der Waals surface area contributed by atoms with Crippen LogP contribution in [0.1, 0.15) is 62.5 Å². The van der Waals surface area contributed by atoms with Crippen molar-refractivity contribution in [2.24, 2.45) is 11.8 Å². The highest BCUT2D eigenvalue weighted by Gasteiger charge is 2.23. The molecule has 1 aliphatic carbocycles. The molecule has 0 saturated heterocycles. The van der Waals surface area contributed by atoms with Gasteiger partial charge in [0, 0.05) is 0 Å². The van der Waals surface area contributed by atoms with Crippen LogP contribution < -0.4 is 0 Å². The molecule has 0 nitrogen and oxygen atoms in total. The van der Waals surface area contributed by atoms with Crippen molar-refractivity contribution in [3.63, 3.8) is 0 Å². The van der Waals surface area contributed by atoms with Crippen molar-refractivity contribution in [3.8, 4) is 11.1 Å². The van der Waals surface area contributed by atoms with E-state index in [0.717, 1.165) is 23.0 Å². The zero-order chi connectivity index (χ0) is 20.8. The maximum absolute atomic E-state index is 13.1. The van der Waals surface area contributed by atoms with E-state index in [2.05, 4.69) is 61.5 Å². The topological polar surface area (TPSA) is 0 Å². The maximum Gasteiger partial charge on any atom is 0.123 e. The number of hydrogen-bond acceptors (Lipinski definition) is 0. The van der Waals surface area contributed by atoms with Gasteiger partial charge in [0.2, 0.25) is 0 Å². The first-order valence-corrected chi connectivity index (χ1v) is 11.6.